The first-order valence-electron chi connectivity index (χ1n) is 11.3. The molecule has 4 fully saturated rings. The molecule has 0 aromatic heterocycles. The van der Waals surface area contributed by atoms with Crippen LogP contribution in [0.15, 0.2) is 48.5 Å². The zero-order chi connectivity index (χ0) is 19.8. The Labute approximate surface area is 173 Å². The van der Waals surface area contributed by atoms with E-state index < -0.39 is 0 Å². The number of hydrogen-bond acceptors (Lipinski definition) is 2. The molecule has 2 nitrogen and oxygen atoms in total. The van der Waals surface area contributed by atoms with E-state index in [1.807, 2.05) is 6.07 Å². The third kappa shape index (κ3) is 4.07. The fraction of sp³-hybridized carbons (Fsp3) is 0.538. The fourth-order valence-corrected chi connectivity index (χ4v) is 6.69. The van der Waals surface area contributed by atoms with Crippen LogP contribution >= 0.6 is 0 Å². The van der Waals surface area contributed by atoms with E-state index in [0.717, 1.165) is 35.6 Å². The summed E-state index contributed by atoms with van der Waals surface area (Å²) in [4.78, 5) is 0. The van der Waals surface area contributed by atoms with Crippen LogP contribution in [0.5, 0.6) is 5.75 Å². The molecule has 4 aliphatic carbocycles. The molecular formula is C26H32FNO. The molecule has 2 aromatic carbocycles. The van der Waals surface area contributed by atoms with Crippen LogP contribution in [0.2, 0.25) is 0 Å². The standard InChI is InChI=1S/C26H32FNO/c1-18(26-13-21-9-22(14-26)11-23(10-21)15-26)28-16-20-3-2-4-25(12-20)29-17-19-5-7-24(27)8-6-19/h2-8,12,18,21-23,28H,9-11,13-17H2,1H3/t18-,21?,22?,23?,26?/m0/s1. The van der Waals surface area contributed by atoms with Crippen molar-refractivity contribution >= 4 is 0 Å². The Bertz CT molecular complexity index is 811. The SMILES string of the molecule is C[C@H](NCc1cccc(OCc2ccc(F)cc2)c1)C12CC3CC(CC(C3)C1)C2. The van der Waals surface area contributed by atoms with Crippen molar-refractivity contribution in [2.45, 2.75) is 64.6 Å². The second kappa shape index (κ2) is 7.75. The minimum atomic E-state index is -0.213. The zero-order valence-electron chi connectivity index (χ0n) is 17.4. The van der Waals surface area contributed by atoms with E-state index in [0.29, 0.717) is 18.1 Å². The Morgan fingerprint density at radius 3 is 2.28 bits per heavy atom. The first-order chi connectivity index (χ1) is 14.1. The Hall–Kier alpha value is -1.87. The van der Waals surface area contributed by atoms with E-state index in [2.05, 4.69) is 30.4 Å². The number of benzene rings is 2. The van der Waals surface area contributed by atoms with Crippen LogP contribution in [0.4, 0.5) is 4.39 Å². The second-order valence-electron chi connectivity index (χ2n) is 9.95. The van der Waals surface area contributed by atoms with Gasteiger partial charge in [-0.05, 0) is 104 Å². The van der Waals surface area contributed by atoms with Crippen molar-refractivity contribution < 1.29 is 9.13 Å². The number of ether oxygens (including phenoxy) is 1. The van der Waals surface area contributed by atoms with Crippen LogP contribution in [0, 0.1) is 29.0 Å². The molecular weight excluding hydrogens is 361 g/mol. The van der Waals surface area contributed by atoms with Crippen LogP contribution in [0.25, 0.3) is 0 Å². The molecule has 6 rings (SSSR count). The third-order valence-electron chi connectivity index (χ3n) is 7.83. The van der Waals surface area contributed by atoms with Gasteiger partial charge in [-0.1, -0.05) is 24.3 Å². The Morgan fingerprint density at radius 2 is 1.62 bits per heavy atom. The van der Waals surface area contributed by atoms with Crippen molar-refractivity contribution in [3.63, 3.8) is 0 Å². The summed E-state index contributed by atoms with van der Waals surface area (Å²) in [6.07, 6.45) is 8.81. The lowest BCUT2D eigenvalue weighted by Crippen LogP contribution is -2.54. The van der Waals surface area contributed by atoms with Gasteiger partial charge in [0.1, 0.15) is 18.2 Å². The largest absolute Gasteiger partial charge is 0.489 e. The van der Waals surface area contributed by atoms with E-state index in [1.165, 1.54) is 56.2 Å². The monoisotopic (exact) mass is 393 g/mol. The van der Waals surface area contributed by atoms with Crippen LogP contribution in [-0.4, -0.2) is 6.04 Å². The highest BCUT2D eigenvalue weighted by molar-refractivity contribution is 5.29. The first kappa shape index (κ1) is 19.1. The predicted octanol–water partition coefficient (Wildman–Crippen LogP) is 6.10. The number of rotatable bonds is 7. The molecule has 4 aliphatic rings. The van der Waals surface area contributed by atoms with E-state index in [1.54, 1.807) is 12.1 Å². The predicted molar refractivity (Wildman–Crippen MR) is 114 cm³/mol. The van der Waals surface area contributed by atoms with Gasteiger partial charge in [-0.3, -0.25) is 0 Å². The highest BCUT2D eigenvalue weighted by Gasteiger charge is 2.52. The molecule has 4 saturated carbocycles. The van der Waals surface area contributed by atoms with E-state index in [9.17, 15) is 4.39 Å². The Morgan fingerprint density at radius 1 is 0.966 bits per heavy atom. The number of nitrogens with one attached hydrogen (secondary N) is 1. The van der Waals surface area contributed by atoms with Gasteiger partial charge in [0.05, 0.1) is 0 Å². The summed E-state index contributed by atoms with van der Waals surface area (Å²) in [6.45, 7) is 3.76. The zero-order valence-corrected chi connectivity index (χ0v) is 17.4. The summed E-state index contributed by atoms with van der Waals surface area (Å²) in [7, 11) is 0. The summed E-state index contributed by atoms with van der Waals surface area (Å²) in [5.41, 5.74) is 2.77. The van der Waals surface area contributed by atoms with Crippen LogP contribution < -0.4 is 10.1 Å². The molecule has 154 valence electrons. The van der Waals surface area contributed by atoms with Crippen molar-refractivity contribution in [2.24, 2.45) is 23.2 Å². The Balaban J connectivity index is 1.18. The van der Waals surface area contributed by atoms with Crippen molar-refractivity contribution in [2.75, 3.05) is 0 Å². The summed E-state index contributed by atoms with van der Waals surface area (Å²) >= 11 is 0. The highest BCUT2D eigenvalue weighted by atomic mass is 19.1. The van der Waals surface area contributed by atoms with Gasteiger partial charge in [0.25, 0.3) is 0 Å². The topological polar surface area (TPSA) is 21.3 Å². The average molecular weight is 394 g/mol. The summed E-state index contributed by atoms with van der Waals surface area (Å²) < 4.78 is 19.0. The van der Waals surface area contributed by atoms with E-state index in [-0.39, 0.29) is 5.82 Å². The van der Waals surface area contributed by atoms with Gasteiger partial charge in [0, 0.05) is 12.6 Å². The average Bonchev–Trinajstić information content (AvgIpc) is 2.71. The van der Waals surface area contributed by atoms with Crippen molar-refractivity contribution in [3.8, 4) is 5.75 Å². The molecule has 0 radical (unpaired) electrons. The molecule has 2 aromatic rings. The molecule has 4 bridgehead atoms. The van der Waals surface area contributed by atoms with Gasteiger partial charge in [-0.15, -0.1) is 0 Å². The van der Waals surface area contributed by atoms with Gasteiger partial charge in [0.2, 0.25) is 0 Å². The summed E-state index contributed by atoms with van der Waals surface area (Å²) in [6, 6.07) is 15.4. The molecule has 0 heterocycles. The van der Waals surface area contributed by atoms with E-state index in [4.69, 9.17) is 4.74 Å². The summed E-state index contributed by atoms with van der Waals surface area (Å²) in [5, 5.41) is 3.87. The van der Waals surface area contributed by atoms with Gasteiger partial charge >= 0.3 is 0 Å². The Kier molecular flexibility index (Phi) is 5.11. The highest BCUT2D eigenvalue weighted by Crippen LogP contribution is 2.61. The second-order valence-corrected chi connectivity index (χ2v) is 9.95. The molecule has 0 aliphatic heterocycles. The fourth-order valence-electron chi connectivity index (χ4n) is 6.69. The maximum absolute atomic E-state index is 13.0. The molecule has 1 atom stereocenters. The molecule has 0 unspecified atom stereocenters. The van der Waals surface area contributed by atoms with Gasteiger partial charge in [-0.2, -0.15) is 0 Å². The van der Waals surface area contributed by atoms with E-state index >= 15 is 0 Å². The molecule has 0 amide bonds. The maximum atomic E-state index is 13.0. The normalized spacial score (nSPS) is 31.0. The summed E-state index contributed by atoms with van der Waals surface area (Å²) in [5.74, 6) is 3.64. The first-order valence-corrected chi connectivity index (χ1v) is 11.3. The van der Waals surface area contributed by atoms with Crippen molar-refractivity contribution in [1.82, 2.24) is 5.32 Å². The van der Waals surface area contributed by atoms with Crippen LogP contribution in [0.1, 0.15) is 56.6 Å². The smallest absolute Gasteiger partial charge is 0.123 e. The lowest BCUT2D eigenvalue weighted by molar-refractivity contribution is -0.0706. The quantitative estimate of drug-likeness (QED) is 0.614. The number of hydrogen-bond donors (Lipinski definition) is 1. The van der Waals surface area contributed by atoms with Gasteiger partial charge in [0.15, 0.2) is 0 Å². The minimum Gasteiger partial charge on any atom is -0.489 e. The van der Waals surface area contributed by atoms with Crippen LogP contribution in [-0.2, 0) is 13.2 Å². The maximum Gasteiger partial charge on any atom is 0.123 e. The molecule has 1 N–H and O–H groups in total. The third-order valence-corrected chi connectivity index (χ3v) is 7.83. The minimum absolute atomic E-state index is 0.213. The van der Waals surface area contributed by atoms with Gasteiger partial charge < -0.3 is 10.1 Å². The lowest BCUT2D eigenvalue weighted by Gasteiger charge is -2.59. The van der Waals surface area contributed by atoms with Crippen molar-refractivity contribution in [3.05, 3.63) is 65.5 Å². The molecule has 0 spiro atoms. The van der Waals surface area contributed by atoms with Crippen LogP contribution in [0.3, 0.4) is 0 Å². The molecule has 29 heavy (non-hydrogen) atoms. The lowest BCUT2D eigenvalue weighted by atomic mass is 9.48. The molecule has 3 heteroatoms. The number of halogens is 1. The van der Waals surface area contributed by atoms with Crippen molar-refractivity contribution in [1.29, 1.82) is 0 Å². The van der Waals surface area contributed by atoms with Gasteiger partial charge in [-0.25, -0.2) is 4.39 Å². The molecule has 0 saturated heterocycles.